The van der Waals surface area contributed by atoms with Crippen LogP contribution in [0.2, 0.25) is 0 Å². The quantitative estimate of drug-likeness (QED) is 0.346. The standard InChI is InChI=1S/C25H29FN2O5/c1-24(2,17-31-15-18-8-6-5-7-9-18)11-10-19-12-23(28(29)30)21(26)13-22(19)27-14-20-16-32-25(3,4)33-20/h5-9,12-13,20,27H,14-17H2,1-4H3/t20-/m1/s1. The van der Waals surface area contributed by atoms with E-state index in [-0.39, 0.29) is 6.10 Å². The lowest BCUT2D eigenvalue weighted by molar-refractivity contribution is -0.387. The molecule has 0 spiro atoms. The third-order valence-electron chi connectivity index (χ3n) is 4.98. The highest BCUT2D eigenvalue weighted by atomic mass is 19.1. The molecule has 0 unspecified atom stereocenters. The number of benzene rings is 2. The van der Waals surface area contributed by atoms with E-state index in [1.807, 2.05) is 58.0 Å². The molecule has 1 saturated heterocycles. The Morgan fingerprint density at radius 2 is 2.03 bits per heavy atom. The summed E-state index contributed by atoms with van der Waals surface area (Å²) < 4.78 is 31.4. The van der Waals surface area contributed by atoms with Gasteiger partial charge >= 0.3 is 5.69 Å². The number of nitrogens with zero attached hydrogens (tertiary/aromatic N) is 1. The Bertz CT molecular complexity index is 1040. The van der Waals surface area contributed by atoms with Crippen LogP contribution in [0.1, 0.15) is 38.8 Å². The van der Waals surface area contributed by atoms with Gasteiger partial charge in [0.1, 0.15) is 6.10 Å². The molecular weight excluding hydrogens is 427 g/mol. The van der Waals surface area contributed by atoms with Crippen molar-refractivity contribution in [1.29, 1.82) is 0 Å². The summed E-state index contributed by atoms with van der Waals surface area (Å²) in [6, 6.07) is 12.1. The molecule has 0 amide bonds. The van der Waals surface area contributed by atoms with Crippen LogP contribution in [-0.4, -0.2) is 36.6 Å². The van der Waals surface area contributed by atoms with Gasteiger partial charge in [-0.2, -0.15) is 4.39 Å². The first-order valence-electron chi connectivity index (χ1n) is 10.7. The Labute approximate surface area is 193 Å². The van der Waals surface area contributed by atoms with Crippen molar-refractivity contribution in [2.45, 2.75) is 46.2 Å². The van der Waals surface area contributed by atoms with Crippen molar-refractivity contribution in [3.63, 3.8) is 0 Å². The number of anilines is 1. The lowest BCUT2D eigenvalue weighted by Gasteiger charge is -2.19. The summed E-state index contributed by atoms with van der Waals surface area (Å²) in [5, 5.41) is 14.3. The van der Waals surface area contributed by atoms with Gasteiger partial charge in [0, 0.05) is 24.1 Å². The lowest BCUT2D eigenvalue weighted by atomic mass is 9.95. The van der Waals surface area contributed by atoms with E-state index in [1.165, 1.54) is 0 Å². The first-order valence-corrected chi connectivity index (χ1v) is 10.7. The fourth-order valence-corrected chi connectivity index (χ4v) is 3.31. The molecule has 33 heavy (non-hydrogen) atoms. The van der Waals surface area contributed by atoms with Gasteiger partial charge in [-0.25, -0.2) is 0 Å². The van der Waals surface area contributed by atoms with Gasteiger partial charge in [0.25, 0.3) is 0 Å². The molecule has 0 aliphatic carbocycles. The summed E-state index contributed by atoms with van der Waals surface area (Å²) in [6.07, 6.45) is -0.234. The number of rotatable bonds is 8. The summed E-state index contributed by atoms with van der Waals surface area (Å²) in [4.78, 5) is 10.5. The Balaban J connectivity index is 1.73. The Morgan fingerprint density at radius 1 is 1.30 bits per heavy atom. The Hall–Kier alpha value is -2.99. The molecule has 7 nitrogen and oxygen atoms in total. The van der Waals surface area contributed by atoms with Crippen LogP contribution in [0.3, 0.4) is 0 Å². The molecule has 176 valence electrons. The van der Waals surface area contributed by atoms with Crippen LogP contribution >= 0.6 is 0 Å². The predicted octanol–water partition coefficient (Wildman–Crippen LogP) is 4.89. The second-order valence-corrected chi connectivity index (χ2v) is 9.05. The van der Waals surface area contributed by atoms with Gasteiger partial charge in [0.2, 0.25) is 5.82 Å². The first-order chi connectivity index (χ1) is 15.5. The number of nitrogens with one attached hydrogen (secondary N) is 1. The molecule has 1 fully saturated rings. The molecule has 8 heteroatoms. The van der Waals surface area contributed by atoms with Crippen LogP contribution in [0.4, 0.5) is 15.8 Å². The fourth-order valence-electron chi connectivity index (χ4n) is 3.31. The van der Waals surface area contributed by atoms with E-state index >= 15 is 0 Å². The molecule has 1 aliphatic rings. The maximum Gasteiger partial charge on any atom is 0.306 e. The van der Waals surface area contributed by atoms with E-state index in [0.717, 1.165) is 17.7 Å². The van der Waals surface area contributed by atoms with E-state index in [4.69, 9.17) is 14.2 Å². The molecule has 0 aromatic heterocycles. The number of hydrogen-bond acceptors (Lipinski definition) is 6. The molecule has 1 atom stereocenters. The summed E-state index contributed by atoms with van der Waals surface area (Å²) in [7, 11) is 0. The molecule has 2 aromatic carbocycles. The molecule has 0 radical (unpaired) electrons. The molecule has 1 aliphatic heterocycles. The van der Waals surface area contributed by atoms with Crippen LogP contribution < -0.4 is 5.32 Å². The van der Waals surface area contributed by atoms with Crippen molar-refractivity contribution in [1.82, 2.24) is 0 Å². The maximum atomic E-state index is 14.3. The topological polar surface area (TPSA) is 82.9 Å². The van der Waals surface area contributed by atoms with E-state index in [1.54, 1.807) is 0 Å². The molecule has 3 rings (SSSR count). The fraction of sp³-hybridized carbons (Fsp3) is 0.440. The monoisotopic (exact) mass is 456 g/mol. The highest BCUT2D eigenvalue weighted by Crippen LogP contribution is 2.28. The van der Waals surface area contributed by atoms with E-state index in [0.29, 0.717) is 37.6 Å². The minimum absolute atomic E-state index is 0.234. The van der Waals surface area contributed by atoms with Crippen molar-refractivity contribution in [2.24, 2.45) is 5.41 Å². The van der Waals surface area contributed by atoms with E-state index in [9.17, 15) is 14.5 Å². The molecule has 0 bridgehead atoms. The van der Waals surface area contributed by atoms with Gasteiger partial charge < -0.3 is 19.5 Å². The Kier molecular flexibility index (Phi) is 7.69. The van der Waals surface area contributed by atoms with Crippen LogP contribution in [-0.2, 0) is 20.8 Å². The third-order valence-corrected chi connectivity index (χ3v) is 4.98. The van der Waals surface area contributed by atoms with Gasteiger partial charge in [-0.05, 0) is 33.3 Å². The summed E-state index contributed by atoms with van der Waals surface area (Å²) in [6.45, 7) is 9.03. The first kappa shape index (κ1) is 24.6. The van der Waals surface area contributed by atoms with Crippen molar-refractivity contribution in [3.05, 3.63) is 69.5 Å². The van der Waals surface area contributed by atoms with Gasteiger partial charge in [-0.15, -0.1) is 0 Å². The third kappa shape index (κ3) is 7.26. The van der Waals surface area contributed by atoms with Gasteiger partial charge in [-0.3, -0.25) is 10.1 Å². The highest BCUT2D eigenvalue weighted by Gasteiger charge is 2.32. The van der Waals surface area contributed by atoms with Gasteiger partial charge in [0.15, 0.2) is 5.79 Å². The molecule has 0 saturated carbocycles. The minimum atomic E-state index is -0.928. The Morgan fingerprint density at radius 3 is 2.67 bits per heavy atom. The highest BCUT2D eigenvalue weighted by molar-refractivity contribution is 5.63. The van der Waals surface area contributed by atoms with E-state index in [2.05, 4.69) is 17.2 Å². The zero-order valence-electron chi connectivity index (χ0n) is 19.3. The number of nitro groups is 1. The number of halogens is 1. The zero-order valence-corrected chi connectivity index (χ0v) is 19.3. The second-order valence-electron chi connectivity index (χ2n) is 9.05. The molecule has 1 heterocycles. The normalized spacial score (nSPS) is 17.3. The molecule has 1 N–H and O–H groups in total. The van der Waals surface area contributed by atoms with Crippen LogP contribution in [0.15, 0.2) is 42.5 Å². The zero-order chi connectivity index (χ0) is 24.1. The minimum Gasteiger partial charge on any atom is -0.381 e. The largest absolute Gasteiger partial charge is 0.381 e. The van der Waals surface area contributed by atoms with Crippen LogP contribution in [0.5, 0.6) is 0 Å². The van der Waals surface area contributed by atoms with Gasteiger partial charge in [0.05, 0.1) is 36.0 Å². The van der Waals surface area contributed by atoms with Crippen molar-refractivity contribution in [2.75, 3.05) is 25.1 Å². The summed E-state index contributed by atoms with van der Waals surface area (Å²) >= 11 is 0. The van der Waals surface area contributed by atoms with E-state index < -0.39 is 27.6 Å². The molecule has 2 aromatic rings. The van der Waals surface area contributed by atoms with Crippen molar-refractivity contribution < 1.29 is 23.5 Å². The van der Waals surface area contributed by atoms with Crippen LogP contribution in [0.25, 0.3) is 0 Å². The lowest BCUT2D eigenvalue weighted by Crippen LogP contribution is -2.26. The SMILES string of the molecule is CC(C)(C#Cc1cc([N+](=O)[O-])c(F)cc1NC[C@@H]1COC(C)(C)O1)COCc1ccccc1. The van der Waals surface area contributed by atoms with Crippen molar-refractivity contribution in [3.8, 4) is 11.8 Å². The maximum absolute atomic E-state index is 14.3. The predicted molar refractivity (Wildman–Crippen MR) is 123 cm³/mol. The van der Waals surface area contributed by atoms with Crippen molar-refractivity contribution >= 4 is 11.4 Å². The number of nitro benzene ring substituents is 1. The summed E-state index contributed by atoms with van der Waals surface area (Å²) in [5.41, 5.74) is 0.604. The second kappa shape index (κ2) is 10.3. The molecular formula is C25H29FN2O5. The average molecular weight is 457 g/mol. The van der Waals surface area contributed by atoms with Gasteiger partial charge in [-0.1, -0.05) is 42.2 Å². The smallest absolute Gasteiger partial charge is 0.306 e. The number of hydrogen-bond donors (Lipinski definition) is 1. The number of ether oxygens (including phenoxy) is 3. The average Bonchev–Trinajstić information content (AvgIpc) is 3.10. The van der Waals surface area contributed by atoms with Crippen LogP contribution in [0, 0.1) is 33.2 Å². The summed E-state index contributed by atoms with van der Waals surface area (Å²) in [5.74, 6) is 4.48.